The molecule has 0 heterocycles. The predicted molar refractivity (Wildman–Crippen MR) is 77.9 cm³/mol. The number of carbonyl (C=O) groups excluding carboxylic acids is 1. The Morgan fingerprint density at radius 2 is 2.05 bits per heavy atom. The largest absolute Gasteiger partial charge is 0.369 e. The van der Waals surface area contributed by atoms with Gasteiger partial charge in [0.05, 0.1) is 0 Å². The third-order valence-electron chi connectivity index (χ3n) is 4.04. The number of nitrogens with one attached hydrogen (secondary N) is 1. The van der Waals surface area contributed by atoms with Crippen LogP contribution in [-0.4, -0.2) is 11.9 Å². The highest BCUT2D eigenvalue weighted by Gasteiger charge is 2.25. The number of hydrogen-bond acceptors (Lipinski definition) is 2. The van der Waals surface area contributed by atoms with Crippen LogP contribution >= 0.6 is 11.6 Å². The van der Waals surface area contributed by atoms with Gasteiger partial charge in [-0.2, -0.15) is 0 Å². The standard InChI is InChI=1S/C15H20ClFN2O/c1-9(13-7-4-11(17)8-14(13)16)19-12-5-2-10(3-6-12)15(18)20/h4,7-10,12,19H,2-3,5-6H2,1H3,(H2,18,20). The average Bonchev–Trinajstić information content (AvgIpc) is 2.39. The van der Waals surface area contributed by atoms with Crippen molar-refractivity contribution in [2.45, 2.75) is 44.7 Å². The van der Waals surface area contributed by atoms with Gasteiger partial charge >= 0.3 is 0 Å². The molecule has 1 saturated carbocycles. The highest BCUT2D eigenvalue weighted by atomic mass is 35.5. The number of rotatable bonds is 4. The molecule has 1 fully saturated rings. The fourth-order valence-electron chi connectivity index (χ4n) is 2.84. The highest BCUT2D eigenvalue weighted by Crippen LogP contribution is 2.28. The first kappa shape index (κ1) is 15.3. The molecule has 0 aromatic heterocycles. The van der Waals surface area contributed by atoms with Gasteiger partial charge in [-0.15, -0.1) is 0 Å². The zero-order chi connectivity index (χ0) is 14.7. The van der Waals surface area contributed by atoms with E-state index in [1.165, 1.54) is 12.1 Å². The van der Waals surface area contributed by atoms with E-state index in [0.717, 1.165) is 31.2 Å². The number of amides is 1. The summed E-state index contributed by atoms with van der Waals surface area (Å²) in [5, 5.41) is 3.94. The summed E-state index contributed by atoms with van der Waals surface area (Å²) in [6.07, 6.45) is 3.52. The van der Waals surface area contributed by atoms with Crippen molar-refractivity contribution in [3.63, 3.8) is 0 Å². The first-order chi connectivity index (χ1) is 9.47. The van der Waals surface area contributed by atoms with Crippen molar-refractivity contribution in [1.29, 1.82) is 0 Å². The lowest BCUT2D eigenvalue weighted by molar-refractivity contribution is -0.122. The first-order valence-corrected chi connectivity index (χ1v) is 7.35. The van der Waals surface area contributed by atoms with Crippen molar-refractivity contribution < 1.29 is 9.18 Å². The molecular formula is C15H20ClFN2O. The normalized spacial score (nSPS) is 24.4. The summed E-state index contributed by atoms with van der Waals surface area (Å²) < 4.78 is 13.0. The maximum atomic E-state index is 13.0. The van der Waals surface area contributed by atoms with Crippen molar-refractivity contribution in [2.75, 3.05) is 0 Å². The minimum atomic E-state index is -0.326. The second-order valence-electron chi connectivity index (χ2n) is 5.51. The molecule has 1 amide bonds. The van der Waals surface area contributed by atoms with Crippen molar-refractivity contribution in [3.05, 3.63) is 34.6 Å². The first-order valence-electron chi connectivity index (χ1n) is 6.97. The second-order valence-corrected chi connectivity index (χ2v) is 5.91. The van der Waals surface area contributed by atoms with Crippen LogP contribution < -0.4 is 11.1 Å². The van der Waals surface area contributed by atoms with Gasteiger partial charge in [-0.25, -0.2) is 4.39 Å². The average molecular weight is 299 g/mol. The molecule has 0 spiro atoms. The molecule has 5 heteroatoms. The zero-order valence-electron chi connectivity index (χ0n) is 11.5. The van der Waals surface area contributed by atoms with E-state index in [4.69, 9.17) is 17.3 Å². The topological polar surface area (TPSA) is 55.1 Å². The molecular weight excluding hydrogens is 279 g/mol. The molecule has 3 nitrogen and oxygen atoms in total. The van der Waals surface area contributed by atoms with Crippen molar-refractivity contribution in [1.82, 2.24) is 5.32 Å². The third-order valence-corrected chi connectivity index (χ3v) is 4.37. The van der Waals surface area contributed by atoms with Crippen LogP contribution in [0.5, 0.6) is 0 Å². The molecule has 110 valence electrons. The maximum absolute atomic E-state index is 13.0. The van der Waals surface area contributed by atoms with E-state index in [0.29, 0.717) is 11.1 Å². The van der Waals surface area contributed by atoms with Gasteiger partial charge in [0.2, 0.25) is 5.91 Å². The minimum absolute atomic E-state index is 0.0118. The molecule has 1 aromatic rings. The Morgan fingerprint density at radius 3 is 2.60 bits per heavy atom. The Bertz CT molecular complexity index is 487. The van der Waals surface area contributed by atoms with E-state index in [1.54, 1.807) is 6.07 Å². The number of hydrogen-bond donors (Lipinski definition) is 2. The summed E-state index contributed by atoms with van der Waals surface area (Å²) in [7, 11) is 0. The third kappa shape index (κ3) is 3.70. The molecule has 2 rings (SSSR count). The molecule has 0 radical (unpaired) electrons. The van der Waals surface area contributed by atoms with Crippen LogP contribution in [-0.2, 0) is 4.79 Å². The molecule has 1 atom stereocenters. The van der Waals surface area contributed by atoms with Gasteiger partial charge in [0.25, 0.3) is 0 Å². The Kier molecular flexibility index (Phi) is 5.00. The Hall–Kier alpha value is -1.13. The van der Waals surface area contributed by atoms with Crippen molar-refractivity contribution in [3.8, 4) is 0 Å². The number of benzene rings is 1. The number of primary amides is 1. The van der Waals surface area contributed by atoms with Crippen LogP contribution in [0.1, 0.15) is 44.2 Å². The predicted octanol–water partition coefficient (Wildman–Crippen LogP) is 3.17. The van der Waals surface area contributed by atoms with E-state index in [-0.39, 0.29) is 23.7 Å². The molecule has 0 bridgehead atoms. The molecule has 3 N–H and O–H groups in total. The smallest absolute Gasteiger partial charge is 0.220 e. The SMILES string of the molecule is CC(NC1CCC(C(N)=O)CC1)c1ccc(F)cc1Cl. The quantitative estimate of drug-likeness (QED) is 0.897. The summed E-state index contributed by atoms with van der Waals surface area (Å²) in [4.78, 5) is 11.1. The van der Waals surface area contributed by atoms with Gasteiger partial charge in [0.1, 0.15) is 5.82 Å². The fraction of sp³-hybridized carbons (Fsp3) is 0.533. The van der Waals surface area contributed by atoms with Gasteiger partial charge in [-0.3, -0.25) is 4.79 Å². The molecule has 0 aliphatic heterocycles. The van der Waals surface area contributed by atoms with E-state index in [9.17, 15) is 9.18 Å². The molecule has 1 aromatic carbocycles. The highest BCUT2D eigenvalue weighted by molar-refractivity contribution is 6.31. The summed E-state index contributed by atoms with van der Waals surface area (Å²) in [5.41, 5.74) is 6.22. The van der Waals surface area contributed by atoms with Gasteiger partial charge < -0.3 is 11.1 Å². The van der Waals surface area contributed by atoms with E-state index in [2.05, 4.69) is 5.32 Å². The lowest BCUT2D eigenvalue weighted by Gasteiger charge is -2.30. The summed E-state index contributed by atoms with van der Waals surface area (Å²) in [6, 6.07) is 4.87. The molecule has 1 aliphatic carbocycles. The zero-order valence-corrected chi connectivity index (χ0v) is 12.3. The minimum Gasteiger partial charge on any atom is -0.369 e. The van der Waals surface area contributed by atoms with Crippen LogP contribution in [0.4, 0.5) is 4.39 Å². The lowest BCUT2D eigenvalue weighted by atomic mass is 9.85. The van der Waals surface area contributed by atoms with Crippen molar-refractivity contribution in [2.24, 2.45) is 11.7 Å². The lowest BCUT2D eigenvalue weighted by Crippen LogP contribution is -2.37. The van der Waals surface area contributed by atoms with Crippen LogP contribution in [0.2, 0.25) is 5.02 Å². The van der Waals surface area contributed by atoms with Crippen molar-refractivity contribution >= 4 is 17.5 Å². The summed E-state index contributed by atoms with van der Waals surface area (Å²) in [5.74, 6) is -0.510. The second kappa shape index (κ2) is 6.55. The maximum Gasteiger partial charge on any atom is 0.220 e. The van der Waals surface area contributed by atoms with Crippen LogP contribution in [0.15, 0.2) is 18.2 Å². The number of carbonyl (C=O) groups is 1. The Morgan fingerprint density at radius 1 is 1.40 bits per heavy atom. The molecule has 0 saturated heterocycles. The van der Waals surface area contributed by atoms with Crippen LogP contribution in [0, 0.1) is 11.7 Å². The van der Waals surface area contributed by atoms with Gasteiger partial charge in [-0.05, 0) is 50.3 Å². The Labute approximate surface area is 123 Å². The summed E-state index contributed by atoms with van der Waals surface area (Å²) >= 11 is 6.07. The molecule has 20 heavy (non-hydrogen) atoms. The number of nitrogens with two attached hydrogens (primary N) is 1. The molecule has 1 aliphatic rings. The van der Waals surface area contributed by atoms with Crippen LogP contribution in [0.3, 0.4) is 0 Å². The van der Waals surface area contributed by atoms with Gasteiger partial charge in [0.15, 0.2) is 0 Å². The monoisotopic (exact) mass is 298 g/mol. The van der Waals surface area contributed by atoms with E-state index < -0.39 is 0 Å². The Balaban J connectivity index is 1.92. The molecule has 1 unspecified atom stereocenters. The van der Waals surface area contributed by atoms with Crippen LogP contribution in [0.25, 0.3) is 0 Å². The van der Waals surface area contributed by atoms with E-state index in [1.807, 2.05) is 6.92 Å². The summed E-state index contributed by atoms with van der Waals surface area (Å²) in [6.45, 7) is 2.01. The van der Waals surface area contributed by atoms with Gasteiger partial charge in [0, 0.05) is 23.0 Å². The van der Waals surface area contributed by atoms with Gasteiger partial charge in [-0.1, -0.05) is 17.7 Å². The number of halogens is 2. The van der Waals surface area contributed by atoms with E-state index >= 15 is 0 Å². The fourth-order valence-corrected chi connectivity index (χ4v) is 3.17.